The maximum absolute atomic E-state index is 13.2. The van der Waals surface area contributed by atoms with Crippen LogP contribution in [0.25, 0.3) is 11.3 Å². The number of imidazole rings is 1. The number of rotatable bonds is 7. The van der Waals surface area contributed by atoms with Crippen molar-refractivity contribution in [3.8, 4) is 11.3 Å². The van der Waals surface area contributed by atoms with Gasteiger partial charge in [0, 0.05) is 32.2 Å². The molecule has 4 aromatic rings. The van der Waals surface area contributed by atoms with Gasteiger partial charge in [-0.25, -0.2) is 22.8 Å². The summed E-state index contributed by atoms with van der Waals surface area (Å²) in [6.07, 6.45) is 6.47. The van der Waals surface area contributed by atoms with E-state index in [4.69, 9.17) is 4.79 Å². The van der Waals surface area contributed by atoms with Crippen LogP contribution in [0.3, 0.4) is 0 Å². The summed E-state index contributed by atoms with van der Waals surface area (Å²) >= 11 is 1.13. The fourth-order valence-corrected chi connectivity index (χ4v) is 6.57. The Morgan fingerprint density at radius 3 is 2.58 bits per heavy atom. The number of hydrogen-bond donors (Lipinski definition) is 1. The Morgan fingerprint density at radius 1 is 1.14 bits per heavy atom. The van der Waals surface area contributed by atoms with Gasteiger partial charge in [0.2, 0.25) is 0 Å². The van der Waals surface area contributed by atoms with Crippen molar-refractivity contribution in [3.63, 3.8) is 0 Å². The van der Waals surface area contributed by atoms with Crippen LogP contribution in [0.4, 0.5) is 9.52 Å². The van der Waals surface area contributed by atoms with Crippen LogP contribution >= 0.6 is 11.3 Å². The predicted molar refractivity (Wildman–Crippen MR) is 138 cm³/mol. The molecule has 2 aromatic carbocycles. The molecule has 0 fully saturated rings. The second kappa shape index (κ2) is 11.1. The van der Waals surface area contributed by atoms with E-state index in [1.807, 2.05) is 18.2 Å². The van der Waals surface area contributed by atoms with Gasteiger partial charge in [-0.1, -0.05) is 41.7 Å². The minimum Gasteiger partial charge on any atom is -0.365 e. The van der Waals surface area contributed by atoms with Gasteiger partial charge in [-0.2, -0.15) is 4.31 Å². The van der Waals surface area contributed by atoms with Gasteiger partial charge >= 0.3 is 0 Å². The maximum Gasteiger partial charge on any atom is 0.254 e. The SMILES string of the molecule is CC=O.CNc1ncc(S(=O)(=O)N2Cc3cccc(-c4cncn4CCc4ccc(F)cc4)c3C2)s1. The smallest absolute Gasteiger partial charge is 0.254 e. The minimum absolute atomic E-state index is 0.227. The number of aromatic nitrogens is 3. The maximum atomic E-state index is 13.2. The molecule has 36 heavy (non-hydrogen) atoms. The van der Waals surface area contributed by atoms with E-state index in [2.05, 4.69) is 19.9 Å². The fraction of sp³-hybridized carbons (Fsp3) is 0.240. The third-order valence-corrected chi connectivity index (χ3v) is 9.03. The van der Waals surface area contributed by atoms with Crippen LogP contribution in [-0.2, 0) is 40.9 Å². The largest absolute Gasteiger partial charge is 0.365 e. The normalized spacial score (nSPS) is 13.1. The van der Waals surface area contributed by atoms with E-state index < -0.39 is 10.0 Å². The van der Waals surface area contributed by atoms with Crippen LogP contribution < -0.4 is 5.32 Å². The number of carbonyl (C=O) groups excluding carboxylic acids is 1. The second-order valence-corrected chi connectivity index (χ2v) is 11.2. The summed E-state index contributed by atoms with van der Waals surface area (Å²) < 4.78 is 43.4. The molecule has 0 amide bonds. The molecule has 1 aliphatic rings. The number of sulfonamides is 1. The number of aldehydes is 1. The highest BCUT2D eigenvalue weighted by Crippen LogP contribution is 2.36. The number of anilines is 1. The molecule has 0 unspecified atom stereocenters. The number of thiazole rings is 1. The summed E-state index contributed by atoms with van der Waals surface area (Å²) in [4.78, 5) is 17.3. The molecular formula is C25H26FN5O3S2. The summed E-state index contributed by atoms with van der Waals surface area (Å²) in [5.41, 5.74) is 4.92. The molecule has 11 heteroatoms. The molecule has 2 aromatic heterocycles. The molecule has 0 spiro atoms. The molecule has 3 heterocycles. The molecule has 0 atom stereocenters. The van der Waals surface area contributed by atoms with Crippen LogP contribution in [0.15, 0.2) is 65.4 Å². The number of fused-ring (bicyclic) bond motifs is 1. The Bertz CT molecular complexity index is 1450. The molecule has 1 N–H and O–H groups in total. The number of halogens is 1. The molecule has 188 valence electrons. The van der Waals surface area contributed by atoms with E-state index in [1.54, 1.807) is 31.7 Å². The average Bonchev–Trinajstić information content (AvgIpc) is 3.63. The van der Waals surface area contributed by atoms with E-state index in [9.17, 15) is 12.8 Å². The molecule has 0 bridgehead atoms. The molecule has 8 nitrogen and oxygen atoms in total. The summed E-state index contributed by atoms with van der Waals surface area (Å²) in [6, 6.07) is 12.4. The van der Waals surface area contributed by atoms with Crippen LogP contribution in [0.2, 0.25) is 0 Å². The van der Waals surface area contributed by atoms with Gasteiger partial charge in [0.15, 0.2) is 9.34 Å². The lowest BCUT2D eigenvalue weighted by molar-refractivity contribution is -0.106. The number of aryl methyl sites for hydroxylation is 2. The molecule has 0 saturated carbocycles. The topological polar surface area (TPSA) is 97.2 Å². The van der Waals surface area contributed by atoms with Crippen molar-refractivity contribution in [2.24, 2.45) is 0 Å². The first-order valence-corrected chi connectivity index (χ1v) is 13.5. The molecular weight excluding hydrogens is 501 g/mol. The lowest BCUT2D eigenvalue weighted by Crippen LogP contribution is -2.25. The van der Waals surface area contributed by atoms with Crippen molar-refractivity contribution >= 4 is 32.8 Å². The van der Waals surface area contributed by atoms with Gasteiger partial charge in [0.25, 0.3) is 10.0 Å². The Kier molecular flexibility index (Phi) is 7.92. The molecule has 0 aliphatic carbocycles. The third-order valence-electron chi connectivity index (χ3n) is 5.79. The lowest BCUT2D eigenvalue weighted by atomic mass is 10.0. The Labute approximate surface area is 213 Å². The standard InChI is InChI=1S/C23H22FN5O2S2.C2H4O/c1-25-23-27-12-22(32-23)33(30,31)29-13-17-3-2-4-19(20(17)14-29)21-11-26-15-28(21)10-9-16-5-7-18(24)8-6-16;1-2-3/h2-8,11-12,15H,9-10,13-14H2,1H3,(H,25,27);2H,1H3. The number of hydrogen-bond acceptors (Lipinski definition) is 7. The zero-order chi connectivity index (χ0) is 25.7. The fourth-order valence-electron chi connectivity index (χ4n) is 4.05. The van der Waals surface area contributed by atoms with E-state index in [0.29, 0.717) is 24.8 Å². The second-order valence-electron chi connectivity index (χ2n) is 8.04. The minimum atomic E-state index is -3.64. The van der Waals surface area contributed by atoms with Gasteiger partial charge in [-0.05, 0) is 42.2 Å². The Morgan fingerprint density at radius 2 is 1.89 bits per heavy atom. The van der Waals surface area contributed by atoms with Gasteiger partial charge in [0.05, 0.1) is 24.4 Å². The summed E-state index contributed by atoms with van der Waals surface area (Å²) in [7, 11) is -1.93. The van der Waals surface area contributed by atoms with Crippen molar-refractivity contribution in [3.05, 3.63) is 83.7 Å². The first kappa shape index (κ1) is 25.7. The molecule has 0 saturated heterocycles. The number of carbonyl (C=O) groups is 1. The summed E-state index contributed by atoms with van der Waals surface area (Å²) in [5.74, 6) is -0.248. The Balaban J connectivity index is 0.000000967. The van der Waals surface area contributed by atoms with Crippen molar-refractivity contribution in [1.82, 2.24) is 18.8 Å². The highest BCUT2D eigenvalue weighted by Gasteiger charge is 2.33. The molecule has 0 radical (unpaired) electrons. The van der Waals surface area contributed by atoms with Crippen LogP contribution in [0.1, 0.15) is 23.6 Å². The van der Waals surface area contributed by atoms with Crippen molar-refractivity contribution < 1.29 is 17.6 Å². The van der Waals surface area contributed by atoms with E-state index in [0.717, 1.165) is 52.0 Å². The van der Waals surface area contributed by atoms with Gasteiger partial charge < -0.3 is 14.7 Å². The van der Waals surface area contributed by atoms with Gasteiger partial charge in [-0.3, -0.25) is 0 Å². The number of nitrogens with zero attached hydrogens (tertiary/aromatic N) is 4. The van der Waals surface area contributed by atoms with E-state index >= 15 is 0 Å². The summed E-state index contributed by atoms with van der Waals surface area (Å²) in [5, 5.41) is 3.45. The Hall–Kier alpha value is -3.41. The zero-order valence-corrected chi connectivity index (χ0v) is 21.5. The highest BCUT2D eigenvalue weighted by atomic mass is 32.2. The van der Waals surface area contributed by atoms with Crippen LogP contribution in [0.5, 0.6) is 0 Å². The number of benzene rings is 2. The molecule has 5 rings (SSSR count). The van der Waals surface area contributed by atoms with E-state index in [-0.39, 0.29) is 10.0 Å². The van der Waals surface area contributed by atoms with Gasteiger partial charge in [0.1, 0.15) is 12.1 Å². The van der Waals surface area contributed by atoms with Crippen LogP contribution in [0, 0.1) is 5.82 Å². The molecule has 1 aliphatic heterocycles. The van der Waals surface area contributed by atoms with Gasteiger partial charge in [-0.15, -0.1) is 0 Å². The van der Waals surface area contributed by atoms with E-state index in [1.165, 1.54) is 29.6 Å². The quantitative estimate of drug-likeness (QED) is 0.359. The van der Waals surface area contributed by atoms with Crippen molar-refractivity contribution in [2.45, 2.75) is 37.2 Å². The predicted octanol–water partition coefficient (Wildman–Crippen LogP) is 4.34. The number of nitrogens with one attached hydrogen (secondary N) is 1. The zero-order valence-electron chi connectivity index (χ0n) is 19.9. The first-order valence-electron chi connectivity index (χ1n) is 11.3. The lowest BCUT2D eigenvalue weighted by Gasteiger charge is -2.14. The first-order chi connectivity index (χ1) is 17.4. The monoisotopic (exact) mass is 527 g/mol. The summed E-state index contributed by atoms with van der Waals surface area (Å²) in [6.45, 7) is 2.74. The van der Waals surface area contributed by atoms with Crippen molar-refractivity contribution in [2.75, 3.05) is 12.4 Å². The third kappa shape index (κ3) is 5.38. The average molecular weight is 528 g/mol. The highest BCUT2D eigenvalue weighted by molar-refractivity contribution is 7.91. The van der Waals surface area contributed by atoms with Crippen LogP contribution in [-0.4, -0.2) is 40.6 Å². The van der Waals surface area contributed by atoms with Crippen molar-refractivity contribution in [1.29, 1.82) is 0 Å².